The molecule has 3 heteroatoms. The molecule has 0 aromatic heterocycles. The van der Waals surface area contributed by atoms with E-state index in [0.29, 0.717) is 13.2 Å². The third-order valence-electron chi connectivity index (χ3n) is 2.42. The average molecular weight is 218 g/mol. The van der Waals surface area contributed by atoms with Crippen molar-refractivity contribution in [2.75, 3.05) is 12.3 Å². The molecule has 0 aliphatic carbocycles. The Bertz CT molecular complexity index is 363. The minimum Gasteiger partial charge on any atom is -0.399 e. The molecule has 1 rings (SSSR count). The topological polar surface area (TPSA) is 59.0 Å². The van der Waals surface area contributed by atoms with E-state index in [4.69, 9.17) is 15.7 Å². The maximum Gasteiger partial charge on any atom is 0.0716 e. The molecule has 2 N–H and O–H groups in total. The molecule has 16 heavy (non-hydrogen) atoms. The largest absolute Gasteiger partial charge is 0.399 e. The van der Waals surface area contributed by atoms with Crippen molar-refractivity contribution in [1.29, 1.82) is 5.26 Å². The van der Waals surface area contributed by atoms with E-state index in [2.05, 4.69) is 6.07 Å². The molecular formula is C13H18N2O. The number of benzene rings is 1. The summed E-state index contributed by atoms with van der Waals surface area (Å²) in [5.74, 6) is 0. The fraction of sp³-hybridized carbons (Fsp3) is 0.462. The van der Waals surface area contributed by atoms with Crippen LogP contribution in [0.5, 0.6) is 0 Å². The molecule has 0 aliphatic rings. The molecule has 0 atom stereocenters. The Labute approximate surface area is 96.8 Å². The number of ether oxygens (including phenoxy) is 1. The first-order valence-corrected chi connectivity index (χ1v) is 5.37. The van der Waals surface area contributed by atoms with Crippen molar-refractivity contribution in [2.24, 2.45) is 5.41 Å². The standard InChI is InChI=1S/C13H18N2O/c1-13(2,10-14)7-8-16-9-11-3-5-12(15)6-4-11/h3-6H,7-9,15H2,1-2H3. The Balaban J connectivity index is 2.27. The van der Waals surface area contributed by atoms with E-state index in [0.717, 1.165) is 17.7 Å². The smallest absolute Gasteiger partial charge is 0.0716 e. The van der Waals surface area contributed by atoms with Crippen LogP contribution in [0.3, 0.4) is 0 Å². The molecule has 86 valence electrons. The van der Waals surface area contributed by atoms with Gasteiger partial charge in [0.1, 0.15) is 0 Å². The Morgan fingerprint density at radius 2 is 1.94 bits per heavy atom. The molecule has 0 spiro atoms. The third-order valence-corrected chi connectivity index (χ3v) is 2.42. The average Bonchev–Trinajstić information content (AvgIpc) is 2.27. The van der Waals surface area contributed by atoms with Gasteiger partial charge in [-0.3, -0.25) is 0 Å². The lowest BCUT2D eigenvalue weighted by molar-refractivity contribution is 0.102. The van der Waals surface area contributed by atoms with Gasteiger partial charge < -0.3 is 10.5 Å². The Kier molecular flexibility index (Phi) is 4.33. The van der Waals surface area contributed by atoms with E-state index in [-0.39, 0.29) is 5.41 Å². The van der Waals surface area contributed by atoms with Crippen LogP contribution in [0.15, 0.2) is 24.3 Å². The Morgan fingerprint density at radius 1 is 1.31 bits per heavy atom. The molecular weight excluding hydrogens is 200 g/mol. The molecule has 0 amide bonds. The molecule has 0 radical (unpaired) electrons. The van der Waals surface area contributed by atoms with E-state index in [1.165, 1.54) is 0 Å². The number of rotatable bonds is 5. The molecule has 1 aromatic rings. The summed E-state index contributed by atoms with van der Waals surface area (Å²) < 4.78 is 5.51. The number of hydrogen-bond donors (Lipinski definition) is 1. The van der Waals surface area contributed by atoms with Gasteiger partial charge >= 0.3 is 0 Å². The zero-order valence-electron chi connectivity index (χ0n) is 9.86. The van der Waals surface area contributed by atoms with Crippen LogP contribution in [-0.2, 0) is 11.3 Å². The SMILES string of the molecule is CC(C)(C#N)CCOCc1ccc(N)cc1. The molecule has 0 bridgehead atoms. The van der Waals surface area contributed by atoms with Gasteiger partial charge in [0.05, 0.1) is 18.1 Å². The second kappa shape index (κ2) is 5.53. The van der Waals surface area contributed by atoms with Crippen LogP contribution in [0.4, 0.5) is 5.69 Å². The molecule has 0 unspecified atom stereocenters. The van der Waals surface area contributed by atoms with E-state index in [9.17, 15) is 0 Å². The summed E-state index contributed by atoms with van der Waals surface area (Å²) in [7, 11) is 0. The van der Waals surface area contributed by atoms with Gasteiger partial charge in [-0.15, -0.1) is 0 Å². The van der Waals surface area contributed by atoms with Crippen LogP contribution >= 0.6 is 0 Å². The summed E-state index contributed by atoms with van der Waals surface area (Å²) in [5, 5.41) is 8.82. The van der Waals surface area contributed by atoms with E-state index in [1.807, 2.05) is 38.1 Å². The van der Waals surface area contributed by atoms with Crippen LogP contribution in [0.1, 0.15) is 25.8 Å². The fourth-order valence-electron chi connectivity index (χ4n) is 1.19. The first-order chi connectivity index (χ1) is 7.53. The molecule has 0 saturated heterocycles. The highest BCUT2D eigenvalue weighted by Gasteiger charge is 2.15. The number of nitriles is 1. The summed E-state index contributed by atoms with van der Waals surface area (Å²) in [4.78, 5) is 0. The zero-order valence-corrected chi connectivity index (χ0v) is 9.86. The fourth-order valence-corrected chi connectivity index (χ4v) is 1.19. The zero-order chi connectivity index (χ0) is 12.0. The van der Waals surface area contributed by atoms with Crippen LogP contribution < -0.4 is 5.73 Å². The maximum atomic E-state index is 8.82. The van der Waals surface area contributed by atoms with Crippen molar-refractivity contribution in [3.8, 4) is 6.07 Å². The van der Waals surface area contributed by atoms with E-state index < -0.39 is 0 Å². The van der Waals surface area contributed by atoms with Gasteiger partial charge in [0.2, 0.25) is 0 Å². The first-order valence-electron chi connectivity index (χ1n) is 5.37. The number of nitrogens with two attached hydrogens (primary N) is 1. The summed E-state index contributed by atoms with van der Waals surface area (Å²) in [6, 6.07) is 9.87. The van der Waals surface area contributed by atoms with Crippen LogP contribution in [0.25, 0.3) is 0 Å². The molecule has 0 fully saturated rings. The highest BCUT2D eigenvalue weighted by Crippen LogP contribution is 2.18. The maximum absolute atomic E-state index is 8.82. The molecule has 0 saturated carbocycles. The third kappa shape index (κ3) is 4.33. The van der Waals surface area contributed by atoms with Crippen molar-refractivity contribution >= 4 is 5.69 Å². The summed E-state index contributed by atoms with van der Waals surface area (Å²) in [5.41, 5.74) is 7.13. The summed E-state index contributed by atoms with van der Waals surface area (Å²) >= 11 is 0. The van der Waals surface area contributed by atoms with E-state index in [1.54, 1.807) is 0 Å². The van der Waals surface area contributed by atoms with Crippen molar-refractivity contribution in [3.05, 3.63) is 29.8 Å². The van der Waals surface area contributed by atoms with Gasteiger partial charge in [0, 0.05) is 12.3 Å². The predicted octanol–water partition coefficient (Wildman–Crippen LogP) is 2.73. The van der Waals surface area contributed by atoms with Gasteiger partial charge in [-0.25, -0.2) is 0 Å². The molecule has 0 heterocycles. The van der Waals surface area contributed by atoms with Gasteiger partial charge in [-0.1, -0.05) is 12.1 Å². The number of anilines is 1. The lowest BCUT2D eigenvalue weighted by atomic mass is 9.92. The van der Waals surface area contributed by atoms with E-state index >= 15 is 0 Å². The molecule has 1 aromatic carbocycles. The van der Waals surface area contributed by atoms with Crippen molar-refractivity contribution in [2.45, 2.75) is 26.9 Å². The Hall–Kier alpha value is -1.53. The highest BCUT2D eigenvalue weighted by molar-refractivity contribution is 5.39. The number of nitrogens with zero attached hydrogens (tertiary/aromatic N) is 1. The minimum absolute atomic E-state index is 0.304. The van der Waals surface area contributed by atoms with Crippen LogP contribution in [-0.4, -0.2) is 6.61 Å². The quantitative estimate of drug-likeness (QED) is 0.610. The Morgan fingerprint density at radius 3 is 2.50 bits per heavy atom. The van der Waals surface area contributed by atoms with Gasteiger partial charge in [0.15, 0.2) is 0 Å². The lowest BCUT2D eigenvalue weighted by Gasteiger charge is -2.14. The summed E-state index contributed by atoms with van der Waals surface area (Å²) in [6.07, 6.45) is 0.748. The normalized spacial score (nSPS) is 11.1. The second-order valence-electron chi connectivity index (χ2n) is 4.54. The lowest BCUT2D eigenvalue weighted by Crippen LogP contribution is -2.11. The minimum atomic E-state index is -0.304. The second-order valence-corrected chi connectivity index (χ2v) is 4.54. The van der Waals surface area contributed by atoms with Gasteiger partial charge in [-0.05, 0) is 38.0 Å². The molecule has 0 aliphatic heterocycles. The van der Waals surface area contributed by atoms with Crippen LogP contribution in [0, 0.1) is 16.7 Å². The summed E-state index contributed by atoms with van der Waals surface area (Å²) in [6.45, 7) is 5.01. The van der Waals surface area contributed by atoms with Crippen molar-refractivity contribution < 1.29 is 4.74 Å². The molecule has 3 nitrogen and oxygen atoms in total. The van der Waals surface area contributed by atoms with Crippen LogP contribution in [0.2, 0.25) is 0 Å². The first kappa shape index (κ1) is 12.5. The highest BCUT2D eigenvalue weighted by atomic mass is 16.5. The predicted molar refractivity (Wildman–Crippen MR) is 64.5 cm³/mol. The number of nitrogen functional groups attached to an aromatic ring is 1. The van der Waals surface area contributed by atoms with Gasteiger partial charge in [0.25, 0.3) is 0 Å². The number of hydrogen-bond acceptors (Lipinski definition) is 3. The van der Waals surface area contributed by atoms with Gasteiger partial charge in [-0.2, -0.15) is 5.26 Å². The van der Waals surface area contributed by atoms with Crippen molar-refractivity contribution in [1.82, 2.24) is 0 Å². The van der Waals surface area contributed by atoms with Crippen molar-refractivity contribution in [3.63, 3.8) is 0 Å². The monoisotopic (exact) mass is 218 g/mol.